The second-order valence-corrected chi connectivity index (χ2v) is 3.97. The van der Waals surface area contributed by atoms with Crippen LogP contribution >= 0.6 is 0 Å². The number of hydrogen-bond acceptors (Lipinski definition) is 3. The van der Waals surface area contributed by atoms with E-state index in [9.17, 15) is 0 Å². The highest BCUT2D eigenvalue weighted by molar-refractivity contribution is 4.92. The lowest BCUT2D eigenvalue weighted by molar-refractivity contribution is 0.107. The van der Waals surface area contributed by atoms with E-state index in [1.807, 2.05) is 4.68 Å². The first-order valence-electron chi connectivity index (χ1n) is 4.81. The maximum Gasteiger partial charge on any atom is 0.141 e. The van der Waals surface area contributed by atoms with Gasteiger partial charge in [0.1, 0.15) is 12.2 Å². The topological polar surface area (TPSA) is 34.0 Å². The van der Waals surface area contributed by atoms with Crippen molar-refractivity contribution < 1.29 is 0 Å². The van der Waals surface area contributed by atoms with Crippen LogP contribution in [0.3, 0.4) is 0 Å². The summed E-state index contributed by atoms with van der Waals surface area (Å²) in [5.74, 6) is 1.09. The SMILES string of the molecule is CC(C)N1Cc2ncnn2CC1C. The number of aromatic nitrogens is 3. The molecule has 2 heterocycles. The van der Waals surface area contributed by atoms with Crippen molar-refractivity contribution in [3.8, 4) is 0 Å². The second-order valence-electron chi connectivity index (χ2n) is 3.97. The molecule has 0 spiro atoms. The Morgan fingerprint density at radius 3 is 3.00 bits per heavy atom. The predicted molar refractivity (Wildman–Crippen MR) is 50.2 cm³/mol. The average Bonchev–Trinajstić information content (AvgIpc) is 2.48. The van der Waals surface area contributed by atoms with E-state index in [1.54, 1.807) is 6.33 Å². The largest absolute Gasteiger partial charge is 0.289 e. The normalized spacial score (nSPS) is 23.5. The summed E-state index contributed by atoms with van der Waals surface area (Å²) in [6.45, 7) is 8.59. The van der Waals surface area contributed by atoms with Crippen LogP contribution in [-0.2, 0) is 13.1 Å². The summed E-state index contributed by atoms with van der Waals surface area (Å²) in [6.07, 6.45) is 1.64. The van der Waals surface area contributed by atoms with Gasteiger partial charge in [0.25, 0.3) is 0 Å². The van der Waals surface area contributed by atoms with Crippen molar-refractivity contribution in [1.29, 1.82) is 0 Å². The first-order valence-corrected chi connectivity index (χ1v) is 4.81. The van der Waals surface area contributed by atoms with Gasteiger partial charge < -0.3 is 0 Å². The molecule has 0 saturated carbocycles. The maximum absolute atomic E-state index is 4.23. The van der Waals surface area contributed by atoms with Gasteiger partial charge in [0.15, 0.2) is 0 Å². The molecule has 0 N–H and O–H groups in total. The summed E-state index contributed by atoms with van der Waals surface area (Å²) < 4.78 is 2.00. The fourth-order valence-electron chi connectivity index (χ4n) is 1.93. The Morgan fingerprint density at radius 1 is 1.54 bits per heavy atom. The zero-order valence-corrected chi connectivity index (χ0v) is 8.44. The van der Waals surface area contributed by atoms with E-state index in [1.165, 1.54) is 0 Å². The lowest BCUT2D eigenvalue weighted by Crippen LogP contribution is -2.45. The Morgan fingerprint density at radius 2 is 2.31 bits per heavy atom. The molecule has 2 rings (SSSR count). The van der Waals surface area contributed by atoms with Gasteiger partial charge in [-0.15, -0.1) is 0 Å². The van der Waals surface area contributed by atoms with Gasteiger partial charge in [-0.25, -0.2) is 9.67 Å². The first-order chi connectivity index (χ1) is 6.18. The van der Waals surface area contributed by atoms with Crippen molar-refractivity contribution in [2.24, 2.45) is 0 Å². The van der Waals surface area contributed by atoms with Crippen LogP contribution < -0.4 is 0 Å². The molecule has 0 amide bonds. The molecule has 0 bridgehead atoms. The van der Waals surface area contributed by atoms with Crippen molar-refractivity contribution >= 4 is 0 Å². The molecule has 4 heteroatoms. The minimum absolute atomic E-state index is 0.564. The van der Waals surface area contributed by atoms with E-state index < -0.39 is 0 Å². The molecule has 1 aromatic heterocycles. The van der Waals surface area contributed by atoms with Crippen LogP contribution in [0.15, 0.2) is 6.33 Å². The third-order valence-electron chi connectivity index (χ3n) is 2.69. The highest BCUT2D eigenvalue weighted by Gasteiger charge is 2.25. The van der Waals surface area contributed by atoms with E-state index >= 15 is 0 Å². The Bertz CT molecular complexity index is 292. The van der Waals surface area contributed by atoms with Crippen molar-refractivity contribution in [1.82, 2.24) is 19.7 Å². The number of rotatable bonds is 1. The van der Waals surface area contributed by atoms with Crippen LogP contribution in [0.1, 0.15) is 26.6 Å². The lowest BCUT2D eigenvalue weighted by atomic mass is 10.2. The van der Waals surface area contributed by atoms with Crippen LogP contribution in [0, 0.1) is 0 Å². The molecule has 1 aliphatic rings. The van der Waals surface area contributed by atoms with Gasteiger partial charge >= 0.3 is 0 Å². The molecule has 1 atom stereocenters. The fraction of sp³-hybridized carbons (Fsp3) is 0.778. The zero-order valence-electron chi connectivity index (χ0n) is 8.44. The number of nitrogens with zero attached hydrogens (tertiary/aromatic N) is 4. The quantitative estimate of drug-likeness (QED) is 0.643. The van der Waals surface area contributed by atoms with Crippen molar-refractivity contribution in [3.63, 3.8) is 0 Å². The molecular weight excluding hydrogens is 164 g/mol. The minimum Gasteiger partial charge on any atom is -0.289 e. The standard InChI is InChI=1S/C9H16N4/c1-7(2)12-5-9-10-6-11-13(9)4-8(12)3/h6-8H,4-5H2,1-3H3. The Kier molecular flexibility index (Phi) is 2.07. The lowest BCUT2D eigenvalue weighted by Gasteiger charge is -2.35. The average molecular weight is 180 g/mol. The van der Waals surface area contributed by atoms with Crippen LogP contribution in [0.5, 0.6) is 0 Å². The molecule has 1 aromatic rings. The van der Waals surface area contributed by atoms with Gasteiger partial charge in [-0.3, -0.25) is 4.90 Å². The molecule has 72 valence electrons. The van der Waals surface area contributed by atoms with E-state index in [4.69, 9.17) is 0 Å². The molecule has 1 unspecified atom stereocenters. The highest BCUT2D eigenvalue weighted by Crippen LogP contribution is 2.16. The van der Waals surface area contributed by atoms with E-state index in [-0.39, 0.29) is 0 Å². The smallest absolute Gasteiger partial charge is 0.141 e. The molecule has 0 saturated heterocycles. The van der Waals surface area contributed by atoms with Gasteiger partial charge in [0.05, 0.1) is 13.1 Å². The zero-order chi connectivity index (χ0) is 9.42. The van der Waals surface area contributed by atoms with Crippen molar-refractivity contribution in [3.05, 3.63) is 12.2 Å². The van der Waals surface area contributed by atoms with Gasteiger partial charge in [0.2, 0.25) is 0 Å². The molecule has 0 fully saturated rings. The van der Waals surface area contributed by atoms with E-state index in [2.05, 4.69) is 35.8 Å². The third kappa shape index (κ3) is 1.46. The van der Waals surface area contributed by atoms with Crippen LogP contribution in [-0.4, -0.2) is 31.7 Å². The predicted octanol–water partition coefficient (Wildman–Crippen LogP) is 0.891. The summed E-state index contributed by atoms with van der Waals surface area (Å²) in [6, 6.07) is 1.15. The Labute approximate surface area is 78.6 Å². The number of fused-ring (bicyclic) bond motifs is 1. The summed E-state index contributed by atoms with van der Waals surface area (Å²) in [5, 5.41) is 4.18. The van der Waals surface area contributed by atoms with Gasteiger partial charge in [-0.1, -0.05) is 0 Å². The van der Waals surface area contributed by atoms with Crippen LogP contribution in [0.4, 0.5) is 0 Å². The summed E-state index contributed by atoms with van der Waals surface area (Å²) in [7, 11) is 0. The molecule has 1 aliphatic heterocycles. The van der Waals surface area contributed by atoms with E-state index in [0.717, 1.165) is 18.9 Å². The van der Waals surface area contributed by atoms with E-state index in [0.29, 0.717) is 12.1 Å². The van der Waals surface area contributed by atoms with Crippen molar-refractivity contribution in [2.45, 2.75) is 45.9 Å². The van der Waals surface area contributed by atoms with Gasteiger partial charge in [0, 0.05) is 12.1 Å². The molecule has 4 nitrogen and oxygen atoms in total. The summed E-state index contributed by atoms with van der Waals surface area (Å²) >= 11 is 0. The molecule has 0 aromatic carbocycles. The number of hydrogen-bond donors (Lipinski definition) is 0. The van der Waals surface area contributed by atoms with Crippen molar-refractivity contribution in [2.75, 3.05) is 0 Å². The van der Waals surface area contributed by atoms with Gasteiger partial charge in [-0.05, 0) is 20.8 Å². The molecule has 0 radical (unpaired) electrons. The summed E-state index contributed by atoms with van der Waals surface area (Å²) in [5.41, 5.74) is 0. The molecule has 13 heavy (non-hydrogen) atoms. The van der Waals surface area contributed by atoms with Crippen LogP contribution in [0.2, 0.25) is 0 Å². The second kappa shape index (κ2) is 3.10. The molecule has 0 aliphatic carbocycles. The Hall–Kier alpha value is -0.900. The maximum atomic E-state index is 4.23. The third-order valence-corrected chi connectivity index (χ3v) is 2.69. The van der Waals surface area contributed by atoms with Crippen LogP contribution in [0.25, 0.3) is 0 Å². The monoisotopic (exact) mass is 180 g/mol. The van der Waals surface area contributed by atoms with Gasteiger partial charge in [-0.2, -0.15) is 5.10 Å². The minimum atomic E-state index is 0.564. The fourth-order valence-corrected chi connectivity index (χ4v) is 1.93. The highest BCUT2D eigenvalue weighted by atomic mass is 15.4. The molecular formula is C9H16N4. The summed E-state index contributed by atoms with van der Waals surface area (Å²) in [4.78, 5) is 6.68. The Balaban J connectivity index is 2.22. The first kappa shape index (κ1) is 8.69.